The third-order valence-electron chi connectivity index (χ3n) is 3.70. The summed E-state index contributed by atoms with van der Waals surface area (Å²) in [5.41, 5.74) is 9.81. The highest BCUT2D eigenvalue weighted by Gasteiger charge is 2.20. The van der Waals surface area contributed by atoms with Gasteiger partial charge in [0.25, 0.3) is 0 Å². The van der Waals surface area contributed by atoms with Gasteiger partial charge in [0.05, 0.1) is 5.56 Å². The lowest BCUT2D eigenvalue weighted by atomic mass is 10.1. The molecule has 4 N–H and O–H groups in total. The molecule has 1 aliphatic rings. The SMILES string of the molecule is Nc1cc(NC2Cc3ccccc3C2)ccc1C(=O)O. The zero-order valence-electron chi connectivity index (χ0n) is 11.0. The monoisotopic (exact) mass is 268 g/mol. The lowest BCUT2D eigenvalue weighted by Gasteiger charge is -2.14. The van der Waals surface area contributed by atoms with Crippen LogP contribution in [0.25, 0.3) is 0 Å². The molecule has 1 aliphatic carbocycles. The fraction of sp³-hybridized carbons (Fsp3) is 0.188. The van der Waals surface area contributed by atoms with E-state index < -0.39 is 5.97 Å². The molecule has 0 radical (unpaired) electrons. The van der Waals surface area contributed by atoms with E-state index in [1.807, 2.05) is 0 Å². The van der Waals surface area contributed by atoms with Crippen molar-refractivity contribution in [1.29, 1.82) is 0 Å². The first kappa shape index (κ1) is 12.5. The summed E-state index contributed by atoms with van der Waals surface area (Å²) in [5, 5.41) is 12.4. The number of rotatable bonds is 3. The van der Waals surface area contributed by atoms with Crippen molar-refractivity contribution < 1.29 is 9.90 Å². The van der Waals surface area contributed by atoms with Crippen LogP contribution in [0.2, 0.25) is 0 Å². The molecule has 2 aromatic rings. The Morgan fingerprint density at radius 1 is 1.15 bits per heavy atom. The van der Waals surface area contributed by atoms with Gasteiger partial charge in [-0.05, 0) is 42.2 Å². The van der Waals surface area contributed by atoms with Crippen LogP contribution in [0.3, 0.4) is 0 Å². The summed E-state index contributed by atoms with van der Waals surface area (Å²) < 4.78 is 0. The second-order valence-corrected chi connectivity index (χ2v) is 5.13. The molecule has 0 unspecified atom stereocenters. The van der Waals surface area contributed by atoms with Crippen molar-refractivity contribution in [3.63, 3.8) is 0 Å². The van der Waals surface area contributed by atoms with Gasteiger partial charge in [-0.3, -0.25) is 0 Å². The maximum absolute atomic E-state index is 10.9. The molecule has 0 bridgehead atoms. The van der Waals surface area contributed by atoms with E-state index in [1.54, 1.807) is 18.2 Å². The molecule has 0 fully saturated rings. The van der Waals surface area contributed by atoms with Crippen LogP contribution in [-0.4, -0.2) is 17.1 Å². The molecule has 0 aliphatic heterocycles. The molecule has 102 valence electrons. The summed E-state index contributed by atoms with van der Waals surface area (Å²) in [4.78, 5) is 10.9. The first-order chi connectivity index (χ1) is 9.63. The Balaban J connectivity index is 1.74. The maximum atomic E-state index is 10.9. The molecule has 0 spiro atoms. The number of nitrogens with one attached hydrogen (secondary N) is 1. The van der Waals surface area contributed by atoms with Crippen LogP contribution < -0.4 is 11.1 Å². The number of carbonyl (C=O) groups is 1. The van der Waals surface area contributed by atoms with Crippen molar-refractivity contribution in [3.05, 3.63) is 59.2 Å². The van der Waals surface area contributed by atoms with Crippen LogP contribution in [0.15, 0.2) is 42.5 Å². The van der Waals surface area contributed by atoms with Gasteiger partial charge in [-0.25, -0.2) is 4.79 Å². The summed E-state index contributed by atoms with van der Waals surface area (Å²) >= 11 is 0. The Morgan fingerprint density at radius 2 is 1.80 bits per heavy atom. The van der Waals surface area contributed by atoms with Gasteiger partial charge in [0, 0.05) is 17.4 Å². The molecule has 0 saturated heterocycles. The van der Waals surface area contributed by atoms with Gasteiger partial charge in [-0.15, -0.1) is 0 Å². The van der Waals surface area contributed by atoms with Crippen LogP contribution in [0.1, 0.15) is 21.5 Å². The molecule has 0 atom stereocenters. The van der Waals surface area contributed by atoms with E-state index in [9.17, 15) is 4.79 Å². The molecule has 20 heavy (non-hydrogen) atoms. The number of hydrogen-bond donors (Lipinski definition) is 3. The number of nitrogens with two attached hydrogens (primary N) is 1. The molecule has 0 saturated carbocycles. The number of carboxylic acids is 1. The largest absolute Gasteiger partial charge is 0.478 e. The normalized spacial score (nSPS) is 14.0. The molecule has 3 rings (SSSR count). The fourth-order valence-corrected chi connectivity index (χ4v) is 2.74. The molecule has 0 amide bonds. The fourth-order valence-electron chi connectivity index (χ4n) is 2.74. The van der Waals surface area contributed by atoms with Crippen molar-refractivity contribution >= 4 is 17.3 Å². The second-order valence-electron chi connectivity index (χ2n) is 5.13. The van der Waals surface area contributed by atoms with Crippen molar-refractivity contribution in [2.45, 2.75) is 18.9 Å². The van der Waals surface area contributed by atoms with E-state index in [4.69, 9.17) is 10.8 Å². The number of nitrogen functional groups attached to an aromatic ring is 1. The number of fused-ring (bicyclic) bond motifs is 1. The van der Waals surface area contributed by atoms with Gasteiger partial charge in [0.1, 0.15) is 0 Å². The molecule has 0 heterocycles. The Hall–Kier alpha value is -2.49. The Morgan fingerprint density at radius 3 is 2.35 bits per heavy atom. The van der Waals surface area contributed by atoms with Crippen molar-refractivity contribution in [2.75, 3.05) is 11.1 Å². The van der Waals surface area contributed by atoms with Crippen LogP contribution in [0.4, 0.5) is 11.4 Å². The van der Waals surface area contributed by atoms with Crippen molar-refractivity contribution in [3.8, 4) is 0 Å². The third-order valence-corrected chi connectivity index (χ3v) is 3.70. The quantitative estimate of drug-likeness (QED) is 0.748. The zero-order chi connectivity index (χ0) is 14.1. The lowest BCUT2D eigenvalue weighted by molar-refractivity contribution is 0.0698. The van der Waals surface area contributed by atoms with Crippen LogP contribution >= 0.6 is 0 Å². The second kappa shape index (κ2) is 4.89. The average Bonchev–Trinajstić information content (AvgIpc) is 2.80. The summed E-state index contributed by atoms with van der Waals surface area (Å²) in [7, 11) is 0. The summed E-state index contributed by atoms with van der Waals surface area (Å²) in [6.45, 7) is 0. The van der Waals surface area contributed by atoms with Gasteiger partial charge in [-0.1, -0.05) is 24.3 Å². The predicted molar refractivity (Wildman–Crippen MR) is 79.1 cm³/mol. The first-order valence-corrected chi connectivity index (χ1v) is 6.59. The zero-order valence-corrected chi connectivity index (χ0v) is 11.0. The predicted octanol–water partition coefficient (Wildman–Crippen LogP) is 2.55. The van der Waals surface area contributed by atoms with E-state index in [1.165, 1.54) is 11.1 Å². The van der Waals surface area contributed by atoms with Gasteiger partial charge in [0.2, 0.25) is 0 Å². The summed E-state index contributed by atoms with van der Waals surface area (Å²) in [5.74, 6) is -0.998. The smallest absolute Gasteiger partial charge is 0.337 e. The highest BCUT2D eigenvalue weighted by Crippen LogP contribution is 2.26. The number of hydrogen-bond acceptors (Lipinski definition) is 3. The molecule has 4 heteroatoms. The van der Waals surface area contributed by atoms with Crippen LogP contribution in [0, 0.1) is 0 Å². The van der Waals surface area contributed by atoms with Gasteiger partial charge in [-0.2, -0.15) is 0 Å². The van der Waals surface area contributed by atoms with E-state index in [0.717, 1.165) is 18.5 Å². The van der Waals surface area contributed by atoms with Crippen molar-refractivity contribution in [2.24, 2.45) is 0 Å². The molecule has 4 nitrogen and oxygen atoms in total. The molecule has 0 aromatic heterocycles. The molecule has 2 aromatic carbocycles. The maximum Gasteiger partial charge on any atom is 0.337 e. The Kier molecular flexibility index (Phi) is 3.06. The van der Waals surface area contributed by atoms with Crippen LogP contribution in [-0.2, 0) is 12.8 Å². The minimum absolute atomic E-state index is 0.144. The van der Waals surface area contributed by atoms with E-state index in [-0.39, 0.29) is 11.3 Å². The lowest BCUT2D eigenvalue weighted by Crippen LogP contribution is -2.19. The Bertz CT molecular complexity index is 642. The van der Waals surface area contributed by atoms with E-state index >= 15 is 0 Å². The third kappa shape index (κ3) is 2.32. The topological polar surface area (TPSA) is 75.3 Å². The minimum atomic E-state index is -0.998. The number of aromatic carboxylic acids is 1. The van der Waals surface area contributed by atoms with E-state index in [0.29, 0.717) is 6.04 Å². The molecular weight excluding hydrogens is 252 g/mol. The number of anilines is 2. The van der Waals surface area contributed by atoms with Crippen molar-refractivity contribution in [1.82, 2.24) is 0 Å². The highest BCUT2D eigenvalue weighted by molar-refractivity contribution is 5.94. The number of benzene rings is 2. The standard InChI is InChI=1S/C16H16N2O2/c17-15-9-12(5-6-14(15)16(19)20)18-13-7-10-3-1-2-4-11(10)8-13/h1-6,9,13,18H,7-8,17H2,(H,19,20). The summed E-state index contributed by atoms with van der Waals surface area (Å²) in [6, 6.07) is 13.7. The Labute approximate surface area is 117 Å². The first-order valence-electron chi connectivity index (χ1n) is 6.59. The highest BCUT2D eigenvalue weighted by atomic mass is 16.4. The molecular formula is C16H16N2O2. The van der Waals surface area contributed by atoms with Gasteiger partial charge >= 0.3 is 5.97 Å². The minimum Gasteiger partial charge on any atom is -0.478 e. The van der Waals surface area contributed by atoms with E-state index in [2.05, 4.69) is 29.6 Å². The van der Waals surface area contributed by atoms with Gasteiger partial charge in [0.15, 0.2) is 0 Å². The van der Waals surface area contributed by atoms with Gasteiger partial charge < -0.3 is 16.2 Å². The van der Waals surface area contributed by atoms with Crippen LogP contribution in [0.5, 0.6) is 0 Å². The number of carboxylic acid groups (broad SMARTS) is 1. The average molecular weight is 268 g/mol. The summed E-state index contributed by atoms with van der Waals surface area (Å²) in [6.07, 6.45) is 1.97.